The molecule has 0 aliphatic heterocycles. The third-order valence-corrected chi connectivity index (χ3v) is 4.23. The first-order valence-corrected chi connectivity index (χ1v) is 6.94. The van der Waals surface area contributed by atoms with Gasteiger partial charge in [-0.1, -0.05) is 0 Å². The summed E-state index contributed by atoms with van der Waals surface area (Å²) < 4.78 is 6.11. The van der Waals surface area contributed by atoms with Crippen molar-refractivity contribution in [2.45, 2.75) is 13.5 Å². The molecule has 0 fully saturated rings. The maximum atomic E-state index is 12.2. The fourth-order valence-corrected chi connectivity index (χ4v) is 3.02. The van der Waals surface area contributed by atoms with Crippen LogP contribution in [0, 0.1) is 0 Å². The fraction of sp³-hybridized carbons (Fsp3) is 0.250. The highest BCUT2D eigenvalue weighted by Crippen LogP contribution is 2.24. The average molecular weight is 314 g/mol. The fourth-order valence-electron chi connectivity index (χ4n) is 1.51. The van der Waals surface area contributed by atoms with Crippen molar-refractivity contribution in [2.75, 3.05) is 6.54 Å². The van der Waals surface area contributed by atoms with Crippen LogP contribution in [0.4, 0.5) is 0 Å². The Balaban J connectivity index is 2.14. The summed E-state index contributed by atoms with van der Waals surface area (Å²) in [5.41, 5.74) is 0. The molecule has 3 nitrogen and oxygen atoms in total. The summed E-state index contributed by atoms with van der Waals surface area (Å²) in [7, 11) is 0. The maximum absolute atomic E-state index is 12.2. The molecule has 2 rings (SSSR count). The Labute approximate surface area is 112 Å². The Morgan fingerprint density at radius 2 is 2.35 bits per heavy atom. The van der Waals surface area contributed by atoms with Crippen LogP contribution in [0.5, 0.6) is 0 Å². The maximum Gasteiger partial charge on any atom is 0.265 e. The van der Waals surface area contributed by atoms with Crippen LogP contribution in [-0.2, 0) is 6.54 Å². The number of nitrogens with zero attached hydrogens (tertiary/aromatic N) is 1. The minimum atomic E-state index is 0.0331. The molecule has 90 valence electrons. The second-order valence-corrected chi connectivity index (χ2v) is 5.27. The molecule has 1 amide bonds. The van der Waals surface area contributed by atoms with Crippen LogP contribution in [0.3, 0.4) is 0 Å². The van der Waals surface area contributed by atoms with Gasteiger partial charge in [0.1, 0.15) is 10.6 Å². The van der Waals surface area contributed by atoms with E-state index in [0.29, 0.717) is 13.1 Å². The molecule has 2 aromatic rings. The molecule has 0 aromatic carbocycles. The van der Waals surface area contributed by atoms with E-state index in [9.17, 15) is 4.79 Å². The molecule has 0 unspecified atom stereocenters. The molecule has 0 N–H and O–H groups in total. The zero-order chi connectivity index (χ0) is 12.3. The first-order valence-electron chi connectivity index (χ1n) is 5.27. The summed E-state index contributed by atoms with van der Waals surface area (Å²) in [5.74, 6) is 0.832. The predicted octanol–water partition coefficient (Wildman–Crippen LogP) is 3.77. The van der Waals surface area contributed by atoms with E-state index in [1.54, 1.807) is 11.2 Å². The Hall–Kier alpha value is -1.07. The zero-order valence-corrected chi connectivity index (χ0v) is 11.8. The standard InChI is InChI=1S/C12H12BrNO2S/c1-2-14(8-9-4-3-6-16-9)12(15)11-10(13)5-7-17-11/h3-7H,2,8H2,1H3. The Morgan fingerprint density at radius 1 is 1.53 bits per heavy atom. The lowest BCUT2D eigenvalue weighted by Crippen LogP contribution is -2.29. The van der Waals surface area contributed by atoms with Crippen molar-refractivity contribution in [3.8, 4) is 0 Å². The molecule has 0 radical (unpaired) electrons. The molecule has 0 aliphatic carbocycles. The Morgan fingerprint density at radius 3 is 2.88 bits per heavy atom. The molecule has 17 heavy (non-hydrogen) atoms. The zero-order valence-electron chi connectivity index (χ0n) is 9.35. The number of halogens is 1. The Bertz CT molecular complexity index is 492. The van der Waals surface area contributed by atoms with Crippen molar-refractivity contribution in [3.63, 3.8) is 0 Å². The lowest BCUT2D eigenvalue weighted by atomic mass is 10.3. The van der Waals surface area contributed by atoms with Gasteiger partial charge in [0.2, 0.25) is 0 Å². The number of hydrogen-bond donors (Lipinski definition) is 0. The van der Waals surface area contributed by atoms with Gasteiger partial charge in [-0.2, -0.15) is 0 Å². The van der Waals surface area contributed by atoms with E-state index in [0.717, 1.165) is 15.1 Å². The van der Waals surface area contributed by atoms with Gasteiger partial charge < -0.3 is 9.32 Å². The largest absolute Gasteiger partial charge is 0.467 e. The number of rotatable bonds is 4. The number of hydrogen-bond acceptors (Lipinski definition) is 3. The molecule has 0 saturated carbocycles. The number of thiophene rings is 1. The van der Waals surface area contributed by atoms with Crippen molar-refractivity contribution in [1.82, 2.24) is 4.90 Å². The molecular formula is C12H12BrNO2S. The number of carbonyl (C=O) groups is 1. The van der Waals surface area contributed by atoms with Gasteiger partial charge in [0, 0.05) is 11.0 Å². The van der Waals surface area contributed by atoms with Crippen LogP contribution in [0.2, 0.25) is 0 Å². The average Bonchev–Trinajstić information content (AvgIpc) is 2.96. The van der Waals surface area contributed by atoms with Gasteiger partial charge in [0.25, 0.3) is 5.91 Å². The Kier molecular flexibility index (Phi) is 4.02. The van der Waals surface area contributed by atoms with Crippen LogP contribution in [0.15, 0.2) is 38.7 Å². The van der Waals surface area contributed by atoms with Crippen molar-refractivity contribution in [2.24, 2.45) is 0 Å². The summed E-state index contributed by atoms with van der Waals surface area (Å²) in [6, 6.07) is 5.59. The summed E-state index contributed by atoms with van der Waals surface area (Å²) in [4.78, 5) is 14.7. The van der Waals surface area contributed by atoms with Gasteiger partial charge in [-0.15, -0.1) is 11.3 Å². The first-order chi connectivity index (χ1) is 8.22. The minimum absolute atomic E-state index is 0.0331. The third kappa shape index (κ3) is 2.79. The van der Waals surface area contributed by atoms with E-state index in [1.165, 1.54) is 11.3 Å². The van der Waals surface area contributed by atoms with Crippen LogP contribution in [0.25, 0.3) is 0 Å². The third-order valence-electron chi connectivity index (χ3n) is 2.41. The van der Waals surface area contributed by atoms with Crippen molar-refractivity contribution >= 4 is 33.2 Å². The van der Waals surface area contributed by atoms with E-state index in [4.69, 9.17) is 4.42 Å². The van der Waals surface area contributed by atoms with Crippen molar-refractivity contribution < 1.29 is 9.21 Å². The summed E-state index contributed by atoms with van der Waals surface area (Å²) in [6.45, 7) is 3.12. The molecule has 2 aromatic heterocycles. The lowest BCUT2D eigenvalue weighted by molar-refractivity contribution is 0.0745. The van der Waals surface area contributed by atoms with Crippen molar-refractivity contribution in [1.29, 1.82) is 0 Å². The summed E-state index contributed by atoms with van der Waals surface area (Å²) in [5, 5.41) is 1.90. The molecule has 0 atom stereocenters. The molecule has 2 heterocycles. The molecule has 0 bridgehead atoms. The monoisotopic (exact) mass is 313 g/mol. The highest BCUT2D eigenvalue weighted by atomic mass is 79.9. The number of carbonyl (C=O) groups excluding carboxylic acids is 1. The smallest absolute Gasteiger partial charge is 0.265 e. The SMILES string of the molecule is CCN(Cc1ccco1)C(=O)c1sccc1Br. The number of amides is 1. The van der Waals surface area contributed by atoms with Crippen LogP contribution < -0.4 is 0 Å². The van der Waals surface area contributed by atoms with Crippen LogP contribution >= 0.6 is 27.3 Å². The number of furan rings is 1. The highest BCUT2D eigenvalue weighted by molar-refractivity contribution is 9.10. The van der Waals surface area contributed by atoms with Gasteiger partial charge in [0.15, 0.2) is 0 Å². The molecule has 0 aliphatic rings. The molecule has 5 heteroatoms. The van der Waals surface area contributed by atoms with E-state index < -0.39 is 0 Å². The normalized spacial score (nSPS) is 10.5. The van der Waals surface area contributed by atoms with E-state index in [2.05, 4.69) is 15.9 Å². The second kappa shape index (κ2) is 5.51. The molecule has 0 saturated heterocycles. The van der Waals surface area contributed by atoms with E-state index in [-0.39, 0.29) is 5.91 Å². The van der Waals surface area contributed by atoms with Gasteiger partial charge in [-0.05, 0) is 46.4 Å². The quantitative estimate of drug-likeness (QED) is 0.861. The minimum Gasteiger partial charge on any atom is -0.467 e. The van der Waals surface area contributed by atoms with Gasteiger partial charge in [-0.25, -0.2) is 0 Å². The lowest BCUT2D eigenvalue weighted by Gasteiger charge is -2.19. The molecule has 0 spiro atoms. The van der Waals surface area contributed by atoms with Crippen molar-refractivity contribution in [3.05, 3.63) is 45.0 Å². The predicted molar refractivity (Wildman–Crippen MR) is 71.1 cm³/mol. The van der Waals surface area contributed by atoms with Crippen LogP contribution in [0.1, 0.15) is 22.4 Å². The second-order valence-electron chi connectivity index (χ2n) is 3.50. The van der Waals surface area contributed by atoms with Gasteiger partial charge in [-0.3, -0.25) is 4.79 Å². The highest BCUT2D eigenvalue weighted by Gasteiger charge is 2.19. The topological polar surface area (TPSA) is 33.5 Å². The molecular weight excluding hydrogens is 302 g/mol. The first kappa shape index (κ1) is 12.4. The van der Waals surface area contributed by atoms with Gasteiger partial charge in [0.05, 0.1) is 12.8 Å². The summed E-state index contributed by atoms with van der Waals surface area (Å²) >= 11 is 4.83. The van der Waals surface area contributed by atoms with Crippen LogP contribution in [-0.4, -0.2) is 17.4 Å². The van der Waals surface area contributed by atoms with E-state index >= 15 is 0 Å². The van der Waals surface area contributed by atoms with E-state index in [1.807, 2.05) is 30.5 Å². The van der Waals surface area contributed by atoms with Gasteiger partial charge >= 0.3 is 0 Å². The summed E-state index contributed by atoms with van der Waals surface area (Å²) in [6.07, 6.45) is 1.62.